The van der Waals surface area contributed by atoms with Gasteiger partial charge >= 0.3 is 0 Å². The van der Waals surface area contributed by atoms with Crippen LogP contribution in [0.4, 0.5) is 0 Å². The first-order chi connectivity index (χ1) is 10.3. The van der Waals surface area contributed by atoms with Gasteiger partial charge in [0.1, 0.15) is 18.1 Å². The van der Waals surface area contributed by atoms with Crippen molar-refractivity contribution < 1.29 is 4.74 Å². The highest BCUT2D eigenvalue weighted by atomic mass is 16.5. The number of nitrogens with zero attached hydrogens (tertiary/aromatic N) is 5. The molecule has 0 aliphatic carbocycles. The molecule has 0 aliphatic rings. The van der Waals surface area contributed by atoms with Crippen LogP contribution < -0.4 is 4.74 Å². The van der Waals surface area contributed by atoms with Crippen molar-refractivity contribution in [3.63, 3.8) is 0 Å². The maximum atomic E-state index is 5.64. The largest absolute Gasteiger partial charge is 0.492 e. The lowest BCUT2D eigenvalue weighted by Crippen LogP contribution is -2.08. The molecule has 0 saturated heterocycles. The van der Waals surface area contributed by atoms with Crippen LogP contribution in [0.1, 0.15) is 6.92 Å². The van der Waals surface area contributed by atoms with E-state index < -0.39 is 0 Å². The Labute approximate surface area is 123 Å². The molecular weight excluding hydrogens is 266 g/mol. The monoisotopic (exact) mass is 283 g/mol. The normalized spacial score (nSPS) is 10.7. The Morgan fingerprint density at radius 3 is 2.71 bits per heavy atom. The summed E-state index contributed by atoms with van der Waals surface area (Å²) in [6, 6.07) is 9.74. The van der Waals surface area contributed by atoms with Crippen molar-refractivity contribution in [2.24, 2.45) is 0 Å². The molecule has 108 valence electrons. The Balaban J connectivity index is 1.58. The molecule has 6 nitrogen and oxygen atoms in total. The first-order valence-corrected chi connectivity index (χ1v) is 6.96. The fourth-order valence-corrected chi connectivity index (χ4v) is 1.98. The summed E-state index contributed by atoms with van der Waals surface area (Å²) in [5.41, 5.74) is 1.81. The van der Waals surface area contributed by atoms with Crippen LogP contribution in [0.15, 0.2) is 48.9 Å². The molecule has 0 unspecified atom stereocenters. The van der Waals surface area contributed by atoms with Crippen LogP contribution in [0.3, 0.4) is 0 Å². The van der Waals surface area contributed by atoms with E-state index in [1.165, 1.54) is 0 Å². The average molecular weight is 283 g/mol. The zero-order valence-electron chi connectivity index (χ0n) is 11.9. The molecule has 0 saturated carbocycles. The number of aryl methyl sites for hydroxylation is 1. The summed E-state index contributed by atoms with van der Waals surface area (Å²) in [5.74, 6) is 0.863. The van der Waals surface area contributed by atoms with E-state index in [9.17, 15) is 0 Å². The summed E-state index contributed by atoms with van der Waals surface area (Å²) in [6.07, 6.45) is 5.68. The maximum Gasteiger partial charge on any atom is 0.119 e. The molecule has 0 bridgehead atoms. The topological polar surface area (TPSA) is 57.8 Å². The smallest absolute Gasteiger partial charge is 0.119 e. The number of aromatic nitrogens is 5. The quantitative estimate of drug-likeness (QED) is 0.696. The minimum absolute atomic E-state index is 0.557. The third-order valence-corrected chi connectivity index (χ3v) is 3.12. The molecular formula is C15H17N5O. The van der Waals surface area contributed by atoms with Crippen LogP contribution in [0, 0.1) is 0 Å². The molecule has 0 spiro atoms. The molecule has 0 atom stereocenters. The number of rotatable bonds is 6. The van der Waals surface area contributed by atoms with Crippen LogP contribution >= 0.6 is 0 Å². The van der Waals surface area contributed by atoms with Crippen molar-refractivity contribution >= 4 is 0 Å². The molecule has 0 aliphatic heterocycles. The van der Waals surface area contributed by atoms with Crippen LogP contribution in [-0.4, -0.2) is 31.4 Å². The van der Waals surface area contributed by atoms with Crippen LogP contribution in [0.2, 0.25) is 0 Å². The zero-order valence-corrected chi connectivity index (χ0v) is 11.9. The number of hydrogen-bond acceptors (Lipinski definition) is 4. The third kappa shape index (κ3) is 3.28. The van der Waals surface area contributed by atoms with Gasteiger partial charge in [-0.1, -0.05) is 23.4 Å². The van der Waals surface area contributed by atoms with Crippen molar-refractivity contribution in [3.05, 3.63) is 48.9 Å². The SMILES string of the molecule is CCn1cc(-c2cn(CCOc3ccccc3)nn2)cn1. The molecule has 21 heavy (non-hydrogen) atoms. The molecule has 0 amide bonds. The van der Waals surface area contributed by atoms with Crippen molar-refractivity contribution in [1.82, 2.24) is 24.8 Å². The summed E-state index contributed by atoms with van der Waals surface area (Å²) in [7, 11) is 0. The first kappa shape index (κ1) is 13.4. The second-order valence-corrected chi connectivity index (χ2v) is 4.61. The highest BCUT2D eigenvalue weighted by Gasteiger charge is 2.06. The van der Waals surface area contributed by atoms with E-state index in [2.05, 4.69) is 22.3 Å². The Morgan fingerprint density at radius 2 is 1.95 bits per heavy atom. The second kappa shape index (κ2) is 6.21. The van der Waals surface area contributed by atoms with Gasteiger partial charge in [-0.3, -0.25) is 4.68 Å². The lowest BCUT2D eigenvalue weighted by atomic mass is 10.3. The number of hydrogen-bond donors (Lipinski definition) is 0. The maximum absolute atomic E-state index is 5.64. The van der Waals surface area contributed by atoms with Crippen LogP contribution in [-0.2, 0) is 13.1 Å². The standard InChI is InChI=1S/C15H17N5O/c1-2-19-11-13(10-16-19)15-12-20(18-17-15)8-9-21-14-6-4-3-5-7-14/h3-7,10-12H,2,8-9H2,1H3. The number of benzene rings is 1. The van der Waals surface area contributed by atoms with Gasteiger partial charge in [0.2, 0.25) is 0 Å². The van der Waals surface area contributed by atoms with Gasteiger partial charge in [-0.25, -0.2) is 4.68 Å². The van der Waals surface area contributed by atoms with Gasteiger partial charge in [-0.15, -0.1) is 5.10 Å². The molecule has 2 heterocycles. The first-order valence-electron chi connectivity index (χ1n) is 6.96. The van der Waals surface area contributed by atoms with E-state index in [1.54, 1.807) is 10.9 Å². The molecule has 0 radical (unpaired) electrons. The zero-order chi connectivity index (χ0) is 14.5. The van der Waals surface area contributed by atoms with E-state index >= 15 is 0 Å². The van der Waals surface area contributed by atoms with E-state index in [-0.39, 0.29) is 0 Å². The molecule has 0 N–H and O–H groups in total. The fraction of sp³-hybridized carbons (Fsp3) is 0.267. The second-order valence-electron chi connectivity index (χ2n) is 4.61. The van der Waals surface area contributed by atoms with E-state index in [1.807, 2.05) is 47.4 Å². The highest BCUT2D eigenvalue weighted by molar-refractivity contribution is 5.54. The van der Waals surface area contributed by atoms with Gasteiger partial charge in [0.15, 0.2) is 0 Å². The van der Waals surface area contributed by atoms with Gasteiger partial charge in [0, 0.05) is 18.3 Å². The summed E-state index contributed by atoms with van der Waals surface area (Å²) in [5, 5.41) is 12.5. The fourth-order valence-electron chi connectivity index (χ4n) is 1.98. The van der Waals surface area contributed by atoms with Crippen molar-refractivity contribution in [1.29, 1.82) is 0 Å². The van der Waals surface area contributed by atoms with Gasteiger partial charge in [-0.05, 0) is 19.1 Å². The third-order valence-electron chi connectivity index (χ3n) is 3.12. The Hall–Kier alpha value is -2.63. The molecule has 1 aromatic carbocycles. The minimum Gasteiger partial charge on any atom is -0.492 e. The van der Waals surface area contributed by atoms with Crippen LogP contribution in [0.25, 0.3) is 11.3 Å². The average Bonchev–Trinajstić information content (AvgIpc) is 3.17. The molecule has 6 heteroatoms. The molecule has 3 aromatic rings. The van der Waals surface area contributed by atoms with E-state index in [0.717, 1.165) is 23.6 Å². The van der Waals surface area contributed by atoms with Crippen molar-refractivity contribution in [3.8, 4) is 17.0 Å². The summed E-state index contributed by atoms with van der Waals surface area (Å²) in [4.78, 5) is 0. The predicted molar refractivity (Wildman–Crippen MR) is 78.9 cm³/mol. The van der Waals surface area contributed by atoms with Crippen LogP contribution in [0.5, 0.6) is 5.75 Å². The van der Waals surface area contributed by atoms with Gasteiger partial charge in [0.25, 0.3) is 0 Å². The van der Waals surface area contributed by atoms with Gasteiger partial charge < -0.3 is 4.74 Å². The Morgan fingerprint density at radius 1 is 1.10 bits per heavy atom. The Bertz CT molecular complexity index is 689. The minimum atomic E-state index is 0.557. The summed E-state index contributed by atoms with van der Waals surface area (Å²) in [6.45, 7) is 4.11. The van der Waals surface area contributed by atoms with E-state index in [4.69, 9.17) is 4.74 Å². The lowest BCUT2D eigenvalue weighted by molar-refractivity contribution is 0.289. The predicted octanol–water partition coefficient (Wildman–Crippen LogP) is 2.24. The number of ether oxygens (including phenoxy) is 1. The summed E-state index contributed by atoms with van der Waals surface area (Å²) < 4.78 is 9.29. The Kier molecular flexibility index (Phi) is 3.95. The van der Waals surface area contributed by atoms with Gasteiger partial charge in [-0.2, -0.15) is 5.10 Å². The van der Waals surface area contributed by atoms with Gasteiger partial charge in [0.05, 0.1) is 18.9 Å². The lowest BCUT2D eigenvalue weighted by Gasteiger charge is -2.04. The summed E-state index contributed by atoms with van der Waals surface area (Å²) >= 11 is 0. The molecule has 2 aromatic heterocycles. The van der Waals surface area contributed by atoms with Crippen molar-refractivity contribution in [2.45, 2.75) is 20.0 Å². The molecule has 3 rings (SSSR count). The van der Waals surface area contributed by atoms with Crippen molar-refractivity contribution in [2.75, 3.05) is 6.61 Å². The molecule has 0 fully saturated rings. The number of para-hydroxylation sites is 1. The highest BCUT2D eigenvalue weighted by Crippen LogP contribution is 2.14. The van der Waals surface area contributed by atoms with E-state index in [0.29, 0.717) is 13.2 Å².